The molecule has 116 valence electrons. The summed E-state index contributed by atoms with van der Waals surface area (Å²) in [5.74, 6) is 0.240. The van der Waals surface area contributed by atoms with Crippen molar-refractivity contribution in [1.82, 2.24) is 10.2 Å². The highest BCUT2D eigenvalue weighted by molar-refractivity contribution is 5.87. The largest absolute Gasteiger partial charge is 0.340 e. The predicted octanol–water partition coefficient (Wildman–Crippen LogP) is 2.95. The average molecular weight is 288 g/mol. The van der Waals surface area contributed by atoms with Crippen molar-refractivity contribution >= 4 is 5.91 Å². The van der Waals surface area contributed by atoms with Gasteiger partial charge >= 0.3 is 0 Å². The van der Waals surface area contributed by atoms with Gasteiger partial charge in [0.25, 0.3) is 0 Å². The number of hydrogen-bond acceptors (Lipinski definition) is 2. The lowest BCUT2D eigenvalue weighted by atomic mass is 9.83. The Labute approximate surface area is 128 Å². The fourth-order valence-corrected chi connectivity index (χ4v) is 3.10. The van der Waals surface area contributed by atoms with E-state index in [0.29, 0.717) is 6.04 Å². The van der Waals surface area contributed by atoms with Crippen molar-refractivity contribution in [2.24, 2.45) is 0 Å². The number of amides is 1. The molecule has 0 aliphatic carbocycles. The zero-order valence-electron chi connectivity index (χ0n) is 13.6. The quantitative estimate of drug-likeness (QED) is 0.873. The second-order valence-electron chi connectivity index (χ2n) is 6.54. The van der Waals surface area contributed by atoms with Gasteiger partial charge in [0.2, 0.25) is 5.91 Å². The zero-order valence-corrected chi connectivity index (χ0v) is 13.6. The van der Waals surface area contributed by atoms with Gasteiger partial charge in [-0.05, 0) is 45.2 Å². The molecule has 1 fully saturated rings. The summed E-state index contributed by atoms with van der Waals surface area (Å²) in [4.78, 5) is 15.1. The number of hydrogen-bond donors (Lipinski definition) is 1. The van der Waals surface area contributed by atoms with Crippen LogP contribution in [0.25, 0.3) is 0 Å². The van der Waals surface area contributed by atoms with Gasteiger partial charge < -0.3 is 10.2 Å². The Kier molecular flexibility index (Phi) is 5.40. The van der Waals surface area contributed by atoms with Crippen molar-refractivity contribution in [2.45, 2.75) is 51.5 Å². The molecule has 1 N–H and O–H groups in total. The highest BCUT2D eigenvalue weighted by Gasteiger charge is 2.34. The fourth-order valence-electron chi connectivity index (χ4n) is 3.10. The van der Waals surface area contributed by atoms with E-state index in [4.69, 9.17) is 0 Å². The smallest absolute Gasteiger partial charge is 0.232 e. The Morgan fingerprint density at radius 3 is 2.62 bits per heavy atom. The first-order valence-corrected chi connectivity index (χ1v) is 8.14. The molecule has 1 aromatic carbocycles. The lowest BCUT2D eigenvalue weighted by Gasteiger charge is -2.34. The van der Waals surface area contributed by atoms with E-state index in [2.05, 4.69) is 29.3 Å². The van der Waals surface area contributed by atoms with E-state index in [9.17, 15) is 4.79 Å². The Morgan fingerprint density at radius 2 is 2.05 bits per heavy atom. The normalized spacial score (nSPS) is 18.7. The molecule has 2 rings (SSSR count). The Hall–Kier alpha value is -1.35. The van der Waals surface area contributed by atoms with E-state index in [1.807, 2.05) is 32.0 Å². The Bertz CT molecular complexity index is 450. The van der Waals surface area contributed by atoms with Crippen LogP contribution in [-0.4, -0.2) is 36.5 Å². The SMILES string of the molecule is CCCN(CC1CCCN1)C(=O)C(C)(C)c1ccccc1. The molecule has 1 heterocycles. The summed E-state index contributed by atoms with van der Waals surface area (Å²) in [5.41, 5.74) is 0.630. The second-order valence-corrected chi connectivity index (χ2v) is 6.54. The Morgan fingerprint density at radius 1 is 1.33 bits per heavy atom. The molecule has 3 nitrogen and oxygen atoms in total. The highest BCUT2D eigenvalue weighted by Crippen LogP contribution is 2.26. The molecule has 1 aromatic rings. The van der Waals surface area contributed by atoms with E-state index >= 15 is 0 Å². The molecule has 1 atom stereocenters. The Balaban J connectivity index is 2.12. The van der Waals surface area contributed by atoms with Crippen LogP contribution >= 0.6 is 0 Å². The van der Waals surface area contributed by atoms with Crippen LogP contribution in [-0.2, 0) is 10.2 Å². The zero-order chi connectivity index (χ0) is 15.3. The highest BCUT2D eigenvalue weighted by atomic mass is 16.2. The number of nitrogens with one attached hydrogen (secondary N) is 1. The number of benzene rings is 1. The molecule has 3 heteroatoms. The molecule has 0 aromatic heterocycles. The maximum absolute atomic E-state index is 13.0. The molecule has 0 bridgehead atoms. The first kappa shape index (κ1) is 16.0. The predicted molar refractivity (Wildman–Crippen MR) is 87.4 cm³/mol. The van der Waals surface area contributed by atoms with Gasteiger partial charge in [-0.15, -0.1) is 0 Å². The summed E-state index contributed by atoms with van der Waals surface area (Å²) in [5, 5.41) is 3.50. The van der Waals surface area contributed by atoms with Crippen molar-refractivity contribution in [3.05, 3.63) is 35.9 Å². The summed E-state index contributed by atoms with van der Waals surface area (Å²) in [7, 11) is 0. The molecule has 0 saturated carbocycles. The lowest BCUT2D eigenvalue weighted by molar-refractivity contribution is -0.136. The van der Waals surface area contributed by atoms with Gasteiger partial charge in [-0.25, -0.2) is 0 Å². The van der Waals surface area contributed by atoms with Gasteiger partial charge in [0.1, 0.15) is 0 Å². The maximum Gasteiger partial charge on any atom is 0.232 e. The molecular weight excluding hydrogens is 260 g/mol. The topological polar surface area (TPSA) is 32.3 Å². The third-order valence-corrected chi connectivity index (χ3v) is 4.41. The summed E-state index contributed by atoms with van der Waals surface area (Å²) >= 11 is 0. The minimum absolute atomic E-state index is 0.240. The van der Waals surface area contributed by atoms with Gasteiger partial charge in [-0.1, -0.05) is 37.3 Å². The van der Waals surface area contributed by atoms with E-state index in [1.165, 1.54) is 12.8 Å². The van der Waals surface area contributed by atoms with Crippen LogP contribution in [0.2, 0.25) is 0 Å². The van der Waals surface area contributed by atoms with Crippen molar-refractivity contribution in [2.75, 3.05) is 19.6 Å². The maximum atomic E-state index is 13.0. The van der Waals surface area contributed by atoms with Gasteiger partial charge in [-0.2, -0.15) is 0 Å². The van der Waals surface area contributed by atoms with Crippen LogP contribution < -0.4 is 5.32 Å². The average Bonchev–Trinajstić information content (AvgIpc) is 3.00. The number of carbonyl (C=O) groups is 1. The fraction of sp³-hybridized carbons (Fsp3) is 0.611. The molecule has 1 amide bonds. The van der Waals surface area contributed by atoms with Gasteiger partial charge in [0, 0.05) is 19.1 Å². The molecule has 1 aliphatic heterocycles. The molecule has 0 spiro atoms. The monoisotopic (exact) mass is 288 g/mol. The lowest BCUT2D eigenvalue weighted by Crippen LogP contribution is -2.48. The van der Waals surface area contributed by atoms with Crippen molar-refractivity contribution in [1.29, 1.82) is 0 Å². The van der Waals surface area contributed by atoms with Crippen molar-refractivity contribution in [3.8, 4) is 0 Å². The number of rotatable bonds is 6. The minimum Gasteiger partial charge on any atom is -0.340 e. The van der Waals surface area contributed by atoms with Crippen LogP contribution in [0, 0.1) is 0 Å². The van der Waals surface area contributed by atoms with Crippen molar-refractivity contribution < 1.29 is 4.79 Å². The number of carbonyl (C=O) groups excluding carboxylic acids is 1. The van der Waals surface area contributed by atoms with E-state index < -0.39 is 5.41 Å². The number of nitrogens with zero attached hydrogens (tertiary/aromatic N) is 1. The van der Waals surface area contributed by atoms with Gasteiger partial charge in [0.05, 0.1) is 5.41 Å². The van der Waals surface area contributed by atoms with Gasteiger partial charge in [-0.3, -0.25) is 4.79 Å². The van der Waals surface area contributed by atoms with Crippen LogP contribution in [0.15, 0.2) is 30.3 Å². The first-order chi connectivity index (χ1) is 10.1. The third kappa shape index (κ3) is 3.85. The van der Waals surface area contributed by atoms with Crippen molar-refractivity contribution in [3.63, 3.8) is 0 Å². The van der Waals surface area contributed by atoms with E-state index in [1.54, 1.807) is 0 Å². The standard InChI is InChI=1S/C18H28N2O/c1-4-13-20(14-16-11-8-12-19-16)17(21)18(2,3)15-9-6-5-7-10-15/h5-7,9-10,16,19H,4,8,11-14H2,1-3H3. The second kappa shape index (κ2) is 7.08. The summed E-state index contributed by atoms with van der Waals surface area (Å²) < 4.78 is 0. The molecule has 0 radical (unpaired) electrons. The molecule has 1 aliphatic rings. The van der Waals surface area contributed by atoms with Crippen LogP contribution in [0.5, 0.6) is 0 Å². The van der Waals surface area contributed by atoms with Crippen LogP contribution in [0.3, 0.4) is 0 Å². The summed E-state index contributed by atoms with van der Waals surface area (Å²) in [6.45, 7) is 8.97. The van der Waals surface area contributed by atoms with Crippen LogP contribution in [0.4, 0.5) is 0 Å². The molecule has 21 heavy (non-hydrogen) atoms. The van der Waals surface area contributed by atoms with Gasteiger partial charge in [0.15, 0.2) is 0 Å². The first-order valence-electron chi connectivity index (χ1n) is 8.14. The van der Waals surface area contributed by atoms with E-state index in [-0.39, 0.29) is 5.91 Å². The minimum atomic E-state index is -0.463. The van der Waals surface area contributed by atoms with Crippen LogP contribution in [0.1, 0.15) is 45.6 Å². The molecule has 1 saturated heterocycles. The third-order valence-electron chi connectivity index (χ3n) is 4.41. The molecular formula is C18H28N2O. The molecule has 1 unspecified atom stereocenters. The summed E-state index contributed by atoms with van der Waals surface area (Å²) in [6, 6.07) is 10.6. The summed E-state index contributed by atoms with van der Waals surface area (Å²) in [6.07, 6.45) is 3.41. The van der Waals surface area contributed by atoms with E-state index in [0.717, 1.165) is 31.6 Å².